The lowest BCUT2D eigenvalue weighted by Gasteiger charge is -2.18. The summed E-state index contributed by atoms with van der Waals surface area (Å²) in [6, 6.07) is 5.99. The highest BCUT2D eigenvalue weighted by Crippen LogP contribution is 2.38. The Bertz CT molecular complexity index is 1330. The van der Waals surface area contributed by atoms with Crippen LogP contribution < -0.4 is 16.0 Å². The van der Waals surface area contributed by atoms with Gasteiger partial charge in [0.05, 0.1) is 20.3 Å². The number of hydrogen-bond donors (Lipinski definition) is 4. The molecule has 2 aromatic heterocycles. The van der Waals surface area contributed by atoms with E-state index in [0.29, 0.717) is 22.4 Å². The zero-order valence-electron chi connectivity index (χ0n) is 17.0. The van der Waals surface area contributed by atoms with E-state index >= 15 is 0 Å². The number of aliphatic hydroxyl groups is 2. The predicted molar refractivity (Wildman–Crippen MR) is 109 cm³/mol. The van der Waals surface area contributed by atoms with Crippen LogP contribution in [0.2, 0.25) is 0 Å². The minimum atomic E-state index is -4.85. The van der Waals surface area contributed by atoms with E-state index in [4.69, 9.17) is 23.8 Å². The van der Waals surface area contributed by atoms with E-state index < -0.39 is 50.2 Å². The Hall–Kier alpha value is -2.84. The molecule has 33 heavy (non-hydrogen) atoms. The highest BCUT2D eigenvalue weighted by atomic mass is 31.2. The van der Waals surface area contributed by atoms with Crippen LogP contribution in [0.5, 0.6) is 5.75 Å². The van der Waals surface area contributed by atoms with Gasteiger partial charge < -0.3 is 34.0 Å². The van der Waals surface area contributed by atoms with Crippen molar-refractivity contribution in [3.63, 3.8) is 0 Å². The summed E-state index contributed by atoms with van der Waals surface area (Å²) in [7, 11) is -3.36. The molecule has 1 aromatic carbocycles. The summed E-state index contributed by atoms with van der Waals surface area (Å²) in [5.41, 5.74) is -0.847. The Morgan fingerprint density at radius 2 is 1.94 bits per heavy atom. The lowest BCUT2D eigenvalue weighted by atomic mass is 10.1. The molecule has 3 aromatic rings. The maximum absolute atomic E-state index is 13.0. The number of benzene rings is 1. The first-order valence-electron chi connectivity index (χ1n) is 9.55. The van der Waals surface area contributed by atoms with Crippen LogP contribution in [0.15, 0.2) is 44.6 Å². The van der Waals surface area contributed by atoms with Gasteiger partial charge in [-0.15, -0.1) is 0 Å². The van der Waals surface area contributed by atoms with Crippen LogP contribution in [-0.2, 0) is 20.4 Å². The molecule has 0 amide bonds. The molecule has 4 atom stereocenters. The van der Waals surface area contributed by atoms with Crippen molar-refractivity contribution in [2.45, 2.75) is 31.1 Å². The summed E-state index contributed by atoms with van der Waals surface area (Å²) in [5.74, 6) is 0.535. The van der Waals surface area contributed by atoms with Crippen molar-refractivity contribution in [3.05, 3.63) is 57.0 Å². The van der Waals surface area contributed by atoms with Crippen LogP contribution in [0.25, 0.3) is 11.0 Å². The second-order valence-electron chi connectivity index (χ2n) is 7.25. The van der Waals surface area contributed by atoms with E-state index in [-0.39, 0.29) is 6.54 Å². The second-order valence-corrected chi connectivity index (χ2v) is 8.49. The first-order valence-corrected chi connectivity index (χ1v) is 11.1. The summed E-state index contributed by atoms with van der Waals surface area (Å²) < 4.78 is 32.7. The molecule has 0 saturated carbocycles. The number of aromatic nitrogens is 3. The maximum atomic E-state index is 13.0. The molecule has 1 unspecified atom stereocenters. The number of hydrogen-bond acceptors (Lipinski definition) is 10. The van der Waals surface area contributed by atoms with Gasteiger partial charge in [0.1, 0.15) is 29.8 Å². The van der Waals surface area contributed by atoms with Crippen LogP contribution in [0.1, 0.15) is 11.9 Å². The highest BCUT2D eigenvalue weighted by Gasteiger charge is 2.45. The summed E-state index contributed by atoms with van der Waals surface area (Å²) in [5, 5.41) is 24.9. The van der Waals surface area contributed by atoms with Crippen LogP contribution in [-0.4, -0.2) is 66.3 Å². The van der Waals surface area contributed by atoms with Gasteiger partial charge in [0, 0.05) is 23.7 Å². The van der Waals surface area contributed by atoms with Crippen molar-refractivity contribution in [1.29, 1.82) is 0 Å². The molecule has 1 aliphatic heterocycles. The molecule has 1 fully saturated rings. The Labute approximate surface area is 184 Å². The van der Waals surface area contributed by atoms with Gasteiger partial charge in [-0.1, -0.05) is 5.16 Å². The number of aliphatic hydroxyl groups excluding tert-OH is 2. The maximum Gasteiger partial charge on any atom is 0.469 e. The van der Waals surface area contributed by atoms with Crippen molar-refractivity contribution < 1.29 is 43.1 Å². The van der Waals surface area contributed by atoms with Gasteiger partial charge in [0.2, 0.25) is 0 Å². The lowest BCUT2D eigenvalue weighted by molar-refractivity contribution is -0.0548. The van der Waals surface area contributed by atoms with E-state index in [0.717, 1.165) is 21.4 Å². The van der Waals surface area contributed by atoms with E-state index in [2.05, 4.69) is 9.68 Å². The Balaban J connectivity index is 1.63. The standard InChI is InChI=1S/C18H20N3O11P/c1-29-9-2-3-10-11(19-32-12(10)6-9)7-21-14(22)4-5-20(18(21)25)17-16(24)15(23)13(31-17)8-30-33(26,27)28/h2-6,13,15-17,23-24H,7-8H2,1H3,(H2,26,27,28)/t13-,15+,16?,17-/m1/s1. The van der Waals surface area contributed by atoms with E-state index in [9.17, 15) is 24.4 Å². The van der Waals surface area contributed by atoms with Crippen molar-refractivity contribution in [2.75, 3.05) is 13.7 Å². The monoisotopic (exact) mass is 485 g/mol. The molecule has 178 valence electrons. The van der Waals surface area contributed by atoms with E-state index in [1.54, 1.807) is 18.2 Å². The number of methoxy groups -OCH3 is 1. The van der Waals surface area contributed by atoms with Crippen molar-refractivity contribution >= 4 is 18.8 Å². The summed E-state index contributed by atoms with van der Waals surface area (Å²) in [6.07, 6.45) is -4.94. The summed E-state index contributed by atoms with van der Waals surface area (Å²) >= 11 is 0. The Kier molecular flexibility index (Phi) is 6.24. The minimum absolute atomic E-state index is 0.256. The zero-order valence-corrected chi connectivity index (χ0v) is 17.9. The van der Waals surface area contributed by atoms with Gasteiger partial charge in [-0.2, -0.15) is 0 Å². The fourth-order valence-electron chi connectivity index (χ4n) is 3.50. The number of nitrogens with zero attached hydrogens (tertiary/aromatic N) is 3. The van der Waals surface area contributed by atoms with Crippen LogP contribution in [0.3, 0.4) is 0 Å². The average Bonchev–Trinajstić information content (AvgIpc) is 3.29. The molecule has 1 aliphatic rings. The Morgan fingerprint density at radius 1 is 1.18 bits per heavy atom. The minimum Gasteiger partial charge on any atom is -0.497 e. The summed E-state index contributed by atoms with van der Waals surface area (Å²) in [6.45, 7) is -0.990. The highest BCUT2D eigenvalue weighted by molar-refractivity contribution is 7.46. The SMILES string of the molecule is COc1ccc2c(Cn3c(=O)ccn([C@@H]4O[C@H](COP(=O)(O)O)[C@H](O)C4O)c3=O)noc2c1. The third-order valence-electron chi connectivity index (χ3n) is 5.18. The first-order chi connectivity index (χ1) is 15.6. The van der Waals surface area contributed by atoms with Gasteiger partial charge >= 0.3 is 13.5 Å². The molecule has 0 bridgehead atoms. The summed E-state index contributed by atoms with van der Waals surface area (Å²) in [4.78, 5) is 43.1. The molecule has 0 aliphatic carbocycles. The largest absolute Gasteiger partial charge is 0.497 e. The van der Waals surface area contributed by atoms with Gasteiger partial charge in [-0.25, -0.2) is 9.36 Å². The molecule has 3 heterocycles. The molecule has 4 N–H and O–H groups in total. The number of phosphoric ester groups is 1. The number of phosphoric acid groups is 1. The predicted octanol–water partition coefficient (Wildman–Crippen LogP) is -1.06. The van der Waals surface area contributed by atoms with Crippen LogP contribution in [0, 0.1) is 0 Å². The number of fused-ring (bicyclic) bond motifs is 1. The molecule has 0 radical (unpaired) electrons. The molecule has 15 heteroatoms. The smallest absolute Gasteiger partial charge is 0.469 e. The quantitative estimate of drug-likeness (QED) is 0.297. The van der Waals surface area contributed by atoms with Gasteiger partial charge in [0.15, 0.2) is 11.8 Å². The fourth-order valence-corrected chi connectivity index (χ4v) is 3.84. The van der Waals surface area contributed by atoms with Crippen molar-refractivity contribution in [1.82, 2.24) is 14.3 Å². The second kappa shape index (κ2) is 8.83. The molecule has 0 spiro atoms. The van der Waals surface area contributed by atoms with Crippen molar-refractivity contribution in [3.8, 4) is 5.75 Å². The van der Waals surface area contributed by atoms with Crippen molar-refractivity contribution in [2.24, 2.45) is 0 Å². The first kappa shape index (κ1) is 23.3. The molecule has 14 nitrogen and oxygen atoms in total. The lowest BCUT2D eigenvalue weighted by Crippen LogP contribution is -2.43. The normalized spacial score (nSPS) is 23.3. The molecular weight excluding hydrogens is 465 g/mol. The third-order valence-corrected chi connectivity index (χ3v) is 5.66. The van der Waals surface area contributed by atoms with Crippen LogP contribution in [0.4, 0.5) is 0 Å². The zero-order chi connectivity index (χ0) is 23.9. The number of rotatable bonds is 7. The molecule has 4 rings (SSSR count). The average molecular weight is 485 g/mol. The van der Waals surface area contributed by atoms with Crippen LogP contribution >= 0.6 is 7.82 Å². The van der Waals surface area contributed by atoms with Gasteiger partial charge in [0.25, 0.3) is 5.56 Å². The van der Waals surface area contributed by atoms with Gasteiger partial charge in [-0.3, -0.25) is 18.5 Å². The third kappa shape index (κ3) is 4.63. The van der Waals surface area contributed by atoms with E-state index in [1.807, 2.05) is 0 Å². The topological polar surface area (TPSA) is 196 Å². The fraction of sp³-hybridized carbons (Fsp3) is 0.389. The molecular formula is C18H20N3O11P. The molecule has 1 saturated heterocycles. The van der Waals surface area contributed by atoms with Gasteiger partial charge in [-0.05, 0) is 12.1 Å². The van der Waals surface area contributed by atoms with E-state index in [1.165, 1.54) is 7.11 Å². The number of ether oxygens (including phenoxy) is 2. The Morgan fingerprint density at radius 3 is 2.64 bits per heavy atom.